The van der Waals surface area contributed by atoms with E-state index in [0.717, 1.165) is 44.1 Å². The molecule has 2 aliphatic rings. The van der Waals surface area contributed by atoms with Crippen LogP contribution in [0.4, 0.5) is 0 Å². The minimum absolute atomic E-state index is 0.248. The van der Waals surface area contributed by atoms with Crippen LogP contribution in [-0.2, 0) is 27.5 Å². The maximum atomic E-state index is 12.9. The van der Waals surface area contributed by atoms with Gasteiger partial charge >= 0.3 is 0 Å². The molecule has 3 rings (SSSR count). The highest BCUT2D eigenvalue weighted by Crippen LogP contribution is 2.26. The van der Waals surface area contributed by atoms with Gasteiger partial charge in [0.15, 0.2) is 9.84 Å². The fourth-order valence-corrected chi connectivity index (χ4v) is 4.98. The monoisotopic (exact) mass is 335 g/mol. The molecule has 1 heterocycles. The Balaban J connectivity index is 1.83. The summed E-state index contributed by atoms with van der Waals surface area (Å²) < 4.78 is 25.7. The van der Waals surface area contributed by atoms with Crippen molar-refractivity contribution in [3.05, 3.63) is 29.3 Å². The van der Waals surface area contributed by atoms with Crippen LogP contribution in [0.5, 0.6) is 0 Å². The van der Waals surface area contributed by atoms with E-state index < -0.39 is 15.1 Å². The highest BCUT2D eigenvalue weighted by atomic mass is 32.2. The van der Waals surface area contributed by atoms with Crippen LogP contribution in [0.25, 0.3) is 0 Å². The molecule has 1 atom stereocenters. The average Bonchev–Trinajstić information content (AvgIpc) is 2.60. The van der Waals surface area contributed by atoms with E-state index in [1.807, 2.05) is 6.07 Å². The van der Waals surface area contributed by atoms with Gasteiger partial charge in [0.05, 0.1) is 4.90 Å². The van der Waals surface area contributed by atoms with Crippen LogP contribution in [0.2, 0.25) is 0 Å². The second-order valence-electron chi connectivity index (χ2n) is 6.71. The number of rotatable bonds is 3. The van der Waals surface area contributed by atoms with Gasteiger partial charge in [-0.3, -0.25) is 4.79 Å². The molecule has 1 unspecified atom stereocenters. The molecule has 0 radical (unpaired) electrons. The number of aryl methyl sites for hydroxylation is 2. The number of fused-ring (bicyclic) bond motifs is 1. The molecule has 4 nitrogen and oxygen atoms in total. The number of benzene rings is 1. The molecule has 126 valence electrons. The van der Waals surface area contributed by atoms with Gasteiger partial charge in [0.1, 0.15) is 5.25 Å². The quantitative estimate of drug-likeness (QED) is 0.853. The Bertz CT molecular complexity index is 690. The minimum atomic E-state index is -3.61. The van der Waals surface area contributed by atoms with Crippen LogP contribution >= 0.6 is 0 Å². The first kappa shape index (κ1) is 16.5. The first-order valence-corrected chi connectivity index (χ1v) is 10.2. The van der Waals surface area contributed by atoms with Gasteiger partial charge in [-0.15, -0.1) is 0 Å². The molecule has 1 amide bonds. The molecule has 1 aliphatic heterocycles. The van der Waals surface area contributed by atoms with E-state index in [2.05, 4.69) is 0 Å². The minimum Gasteiger partial charge on any atom is -0.342 e. The van der Waals surface area contributed by atoms with E-state index >= 15 is 0 Å². The average molecular weight is 335 g/mol. The molecular formula is C18H25NO3S. The van der Waals surface area contributed by atoms with Crippen LogP contribution in [-0.4, -0.2) is 37.6 Å². The predicted octanol–water partition coefficient (Wildman–Crippen LogP) is 2.74. The van der Waals surface area contributed by atoms with Crippen molar-refractivity contribution in [3.63, 3.8) is 0 Å². The van der Waals surface area contributed by atoms with Crippen molar-refractivity contribution in [3.8, 4) is 0 Å². The second-order valence-corrected chi connectivity index (χ2v) is 8.98. The Morgan fingerprint density at radius 1 is 1.00 bits per heavy atom. The third-order valence-electron chi connectivity index (χ3n) is 5.13. The molecule has 1 saturated heterocycles. The smallest absolute Gasteiger partial charge is 0.241 e. The Morgan fingerprint density at radius 2 is 1.65 bits per heavy atom. The number of piperidine rings is 1. The van der Waals surface area contributed by atoms with Crippen LogP contribution in [0, 0.1) is 0 Å². The highest BCUT2D eigenvalue weighted by Gasteiger charge is 2.33. The standard InChI is InChI=1S/C18H25NO3S/c1-14(18(20)19-11-5-2-6-12-19)23(21,22)17-10-9-15-7-3-4-8-16(15)13-17/h9-10,13-14H,2-8,11-12H2,1H3. The third-order valence-corrected chi connectivity index (χ3v) is 7.17. The third kappa shape index (κ3) is 3.30. The first-order chi connectivity index (χ1) is 11.0. The van der Waals surface area contributed by atoms with Gasteiger partial charge in [-0.05, 0) is 75.1 Å². The van der Waals surface area contributed by atoms with Gasteiger partial charge in [-0.25, -0.2) is 8.42 Å². The summed E-state index contributed by atoms with van der Waals surface area (Å²) in [6.45, 7) is 2.90. The van der Waals surface area contributed by atoms with E-state index in [-0.39, 0.29) is 5.91 Å². The summed E-state index contributed by atoms with van der Waals surface area (Å²) in [5.41, 5.74) is 2.39. The van der Waals surface area contributed by atoms with Crippen molar-refractivity contribution in [2.75, 3.05) is 13.1 Å². The molecule has 1 aromatic carbocycles. The lowest BCUT2D eigenvalue weighted by molar-refractivity contribution is -0.131. The van der Waals surface area contributed by atoms with E-state index in [0.29, 0.717) is 18.0 Å². The zero-order valence-electron chi connectivity index (χ0n) is 13.8. The predicted molar refractivity (Wildman–Crippen MR) is 90.2 cm³/mol. The van der Waals surface area contributed by atoms with Crippen LogP contribution < -0.4 is 0 Å². The fraction of sp³-hybridized carbons (Fsp3) is 0.611. The summed E-state index contributed by atoms with van der Waals surface area (Å²) in [7, 11) is -3.61. The zero-order chi connectivity index (χ0) is 16.4. The van der Waals surface area contributed by atoms with Gasteiger partial charge in [-0.2, -0.15) is 0 Å². The maximum absolute atomic E-state index is 12.9. The number of carbonyl (C=O) groups is 1. The summed E-state index contributed by atoms with van der Waals surface area (Å²) in [5, 5.41) is -0.998. The van der Waals surface area contributed by atoms with Crippen molar-refractivity contribution < 1.29 is 13.2 Å². The molecule has 1 aromatic rings. The summed E-state index contributed by atoms with van der Waals surface area (Å²) >= 11 is 0. The lowest BCUT2D eigenvalue weighted by atomic mass is 9.92. The summed E-state index contributed by atoms with van der Waals surface area (Å²) in [4.78, 5) is 14.6. The Labute approximate surface area is 138 Å². The van der Waals surface area contributed by atoms with Crippen molar-refractivity contribution in [1.29, 1.82) is 0 Å². The van der Waals surface area contributed by atoms with E-state index in [1.54, 1.807) is 17.0 Å². The topological polar surface area (TPSA) is 54.5 Å². The number of likely N-dealkylation sites (tertiary alicyclic amines) is 1. The van der Waals surface area contributed by atoms with Gasteiger partial charge in [0, 0.05) is 13.1 Å². The number of nitrogens with zero attached hydrogens (tertiary/aromatic N) is 1. The van der Waals surface area contributed by atoms with E-state index in [4.69, 9.17) is 0 Å². The first-order valence-electron chi connectivity index (χ1n) is 8.64. The van der Waals surface area contributed by atoms with Crippen molar-refractivity contribution in [2.45, 2.75) is 62.0 Å². The lowest BCUT2D eigenvalue weighted by Crippen LogP contribution is -2.44. The summed E-state index contributed by atoms with van der Waals surface area (Å²) in [6, 6.07) is 5.41. The Morgan fingerprint density at radius 3 is 2.35 bits per heavy atom. The normalized spacial score (nSPS) is 20.0. The molecule has 1 aliphatic carbocycles. The van der Waals surface area contributed by atoms with Crippen LogP contribution in [0.3, 0.4) is 0 Å². The van der Waals surface area contributed by atoms with Crippen molar-refractivity contribution >= 4 is 15.7 Å². The lowest BCUT2D eigenvalue weighted by Gasteiger charge is -2.29. The summed E-state index contributed by atoms with van der Waals surface area (Å²) in [6.07, 6.45) is 7.30. The van der Waals surface area contributed by atoms with Gasteiger partial charge in [-0.1, -0.05) is 6.07 Å². The SMILES string of the molecule is CC(C(=O)N1CCCCC1)S(=O)(=O)c1ccc2c(c1)CCCC2. The van der Waals surface area contributed by atoms with Gasteiger partial charge < -0.3 is 4.90 Å². The molecule has 0 bridgehead atoms. The molecule has 0 aromatic heterocycles. The van der Waals surface area contributed by atoms with Crippen LogP contribution in [0.1, 0.15) is 50.2 Å². The second kappa shape index (κ2) is 6.63. The largest absolute Gasteiger partial charge is 0.342 e. The molecule has 23 heavy (non-hydrogen) atoms. The molecule has 5 heteroatoms. The number of hydrogen-bond acceptors (Lipinski definition) is 3. The number of sulfone groups is 1. The molecule has 1 fully saturated rings. The fourth-order valence-electron chi connectivity index (χ4n) is 3.60. The number of amides is 1. The molecule has 0 spiro atoms. The van der Waals surface area contributed by atoms with Gasteiger partial charge in [0.2, 0.25) is 5.91 Å². The molecular weight excluding hydrogens is 310 g/mol. The Kier molecular flexibility index (Phi) is 4.76. The molecule has 0 saturated carbocycles. The zero-order valence-corrected chi connectivity index (χ0v) is 14.6. The van der Waals surface area contributed by atoms with Crippen LogP contribution in [0.15, 0.2) is 23.1 Å². The maximum Gasteiger partial charge on any atom is 0.241 e. The van der Waals surface area contributed by atoms with E-state index in [9.17, 15) is 13.2 Å². The summed E-state index contributed by atoms with van der Waals surface area (Å²) in [5.74, 6) is -0.248. The number of carbonyl (C=O) groups excluding carboxylic acids is 1. The van der Waals surface area contributed by atoms with E-state index in [1.165, 1.54) is 18.9 Å². The number of hydrogen-bond donors (Lipinski definition) is 0. The molecule has 0 N–H and O–H groups in total. The Hall–Kier alpha value is -1.36. The van der Waals surface area contributed by atoms with Gasteiger partial charge in [0.25, 0.3) is 0 Å². The highest BCUT2D eigenvalue weighted by molar-refractivity contribution is 7.92. The van der Waals surface area contributed by atoms with Crippen molar-refractivity contribution in [1.82, 2.24) is 4.90 Å². The van der Waals surface area contributed by atoms with Crippen molar-refractivity contribution in [2.24, 2.45) is 0 Å².